The molecule has 0 bridgehead atoms. The second-order valence-corrected chi connectivity index (χ2v) is 5.74. The molecule has 128 valence electrons. The zero-order chi connectivity index (χ0) is 17.2. The van der Waals surface area contributed by atoms with Crippen molar-refractivity contribution in [2.75, 3.05) is 20.3 Å². The van der Waals surface area contributed by atoms with Crippen molar-refractivity contribution in [3.8, 4) is 11.5 Å². The Morgan fingerprint density at radius 3 is 2.92 bits per heavy atom. The van der Waals surface area contributed by atoms with E-state index in [1.165, 1.54) is 6.21 Å². The van der Waals surface area contributed by atoms with Crippen LogP contribution in [0, 0.1) is 0 Å². The van der Waals surface area contributed by atoms with Gasteiger partial charge in [0.1, 0.15) is 0 Å². The molecule has 0 unspecified atom stereocenters. The van der Waals surface area contributed by atoms with Crippen LogP contribution in [0.25, 0.3) is 0 Å². The molecule has 1 amide bonds. The summed E-state index contributed by atoms with van der Waals surface area (Å²) < 4.78 is 10.7. The van der Waals surface area contributed by atoms with Crippen LogP contribution in [0.4, 0.5) is 0 Å². The van der Waals surface area contributed by atoms with Gasteiger partial charge in [0, 0.05) is 10.4 Å². The number of amides is 1. The lowest BCUT2D eigenvalue weighted by molar-refractivity contribution is -0.125. The van der Waals surface area contributed by atoms with Gasteiger partial charge in [0.25, 0.3) is 5.91 Å². The van der Waals surface area contributed by atoms with Crippen molar-refractivity contribution in [2.24, 2.45) is 5.16 Å². The van der Waals surface area contributed by atoms with Gasteiger partial charge in [0.15, 0.2) is 18.1 Å². The average molecular weight is 348 g/mol. The summed E-state index contributed by atoms with van der Waals surface area (Å²) in [5.74, 6) is 1.07. The van der Waals surface area contributed by atoms with E-state index in [9.17, 15) is 4.79 Å². The third-order valence-corrected chi connectivity index (χ3v) is 3.88. The molecule has 0 spiro atoms. The van der Waals surface area contributed by atoms with Crippen LogP contribution in [-0.4, -0.2) is 32.4 Å². The molecule has 2 rings (SSSR count). The maximum atomic E-state index is 11.6. The first kappa shape index (κ1) is 17.8. The van der Waals surface area contributed by atoms with Crippen molar-refractivity contribution in [1.82, 2.24) is 5.32 Å². The Morgan fingerprint density at radius 1 is 1.33 bits per heavy atom. The first-order valence-corrected chi connectivity index (χ1v) is 8.36. The van der Waals surface area contributed by atoms with Gasteiger partial charge in [-0.3, -0.25) is 4.79 Å². The number of benzene rings is 1. The van der Waals surface area contributed by atoms with E-state index in [1.54, 1.807) is 30.6 Å². The maximum absolute atomic E-state index is 11.6. The highest BCUT2D eigenvalue weighted by Gasteiger charge is 2.05. The fourth-order valence-corrected chi connectivity index (χ4v) is 2.53. The number of hydrogen-bond donors (Lipinski definition) is 1. The smallest absolute Gasteiger partial charge is 0.261 e. The molecular formula is C17H20N2O4S. The highest BCUT2D eigenvalue weighted by atomic mass is 32.1. The summed E-state index contributed by atoms with van der Waals surface area (Å²) in [6.07, 6.45) is 1.52. The van der Waals surface area contributed by atoms with E-state index in [1.807, 2.05) is 30.5 Å². The van der Waals surface area contributed by atoms with Gasteiger partial charge in [-0.15, -0.1) is 11.3 Å². The summed E-state index contributed by atoms with van der Waals surface area (Å²) in [7, 11) is 1.58. The predicted molar refractivity (Wildman–Crippen MR) is 93.9 cm³/mol. The van der Waals surface area contributed by atoms with E-state index in [2.05, 4.69) is 10.5 Å². The Labute approximate surface area is 145 Å². The van der Waals surface area contributed by atoms with Crippen molar-refractivity contribution in [2.45, 2.75) is 13.5 Å². The molecule has 0 aliphatic rings. The van der Waals surface area contributed by atoms with Gasteiger partial charge in [0.2, 0.25) is 0 Å². The molecule has 1 N–H and O–H groups in total. The normalized spacial score (nSPS) is 10.6. The van der Waals surface area contributed by atoms with E-state index < -0.39 is 0 Å². The predicted octanol–water partition coefficient (Wildman–Crippen LogP) is 2.82. The second kappa shape index (κ2) is 9.57. The molecule has 24 heavy (non-hydrogen) atoms. The number of carbonyl (C=O) groups is 1. The standard InChI is InChI=1S/C17H20N2O4S/c1-3-22-15-7-6-13(9-16(15)21-2)10-19-23-12-17(20)18-11-14-5-4-8-24-14/h4-10H,3,11-12H2,1-2H3,(H,18,20). The van der Waals surface area contributed by atoms with Crippen LogP contribution in [0.3, 0.4) is 0 Å². The lowest BCUT2D eigenvalue weighted by Gasteiger charge is -2.09. The van der Waals surface area contributed by atoms with Crippen LogP contribution in [0.5, 0.6) is 11.5 Å². The number of hydrogen-bond acceptors (Lipinski definition) is 6. The van der Waals surface area contributed by atoms with E-state index in [-0.39, 0.29) is 12.5 Å². The monoisotopic (exact) mass is 348 g/mol. The topological polar surface area (TPSA) is 69.2 Å². The maximum Gasteiger partial charge on any atom is 0.261 e. The van der Waals surface area contributed by atoms with Gasteiger partial charge in [-0.05, 0) is 36.6 Å². The van der Waals surface area contributed by atoms with E-state index in [0.29, 0.717) is 24.7 Å². The molecular weight excluding hydrogens is 328 g/mol. The summed E-state index contributed by atoms with van der Waals surface area (Å²) in [5, 5.41) is 8.52. The fraction of sp³-hybridized carbons (Fsp3) is 0.294. The number of oxime groups is 1. The summed E-state index contributed by atoms with van der Waals surface area (Å²) >= 11 is 1.59. The summed E-state index contributed by atoms with van der Waals surface area (Å²) in [6, 6.07) is 9.32. The molecule has 0 aliphatic heterocycles. The molecule has 0 atom stereocenters. The molecule has 1 aromatic carbocycles. The van der Waals surface area contributed by atoms with Gasteiger partial charge >= 0.3 is 0 Å². The lowest BCUT2D eigenvalue weighted by atomic mass is 10.2. The van der Waals surface area contributed by atoms with Crippen molar-refractivity contribution in [3.05, 3.63) is 46.2 Å². The van der Waals surface area contributed by atoms with Crippen LogP contribution in [0.2, 0.25) is 0 Å². The van der Waals surface area contributed by atoms with Crippen molar-refractivity contribution in [1.29, 1.82) is 0 Å². The highest BCUT2D eigenvalue weighted by Crippen LogP contribution is 2.27. The van der Waals surface area contributed by atoms with Crippen LogP contribution >= 0.6 is 11.3 Å². The molecule has 1 aromatic heterocycles. The SMILES string of the molecule is CCOc1ccc(C=NOCC(=O)NCc2cccs2)cc1OC. The lowest BCUT2D eigenvalue weighted by Crippen LogP contribution is -2.26. The first-order chi connectivity index (χ1) is 11.7. The number of thiophene rings is 1. The Bertz CT molecular complexity index is 671. The van der Waals surface area contributed by atoms with Gasteiger partial charge in [-0.1, -0.05) is 11.2 Å². The van der Waals surface area contributed by atoms with E-state index in [0.717, 1.165) is 10.4 Å². The molecule has 0 aliphatic carbocycles. The molecule has 1 heterocycles. The number of nitrogens with one attached hydrogen (secondary N) is 1. The van der Waals surface area contributed by atoms with Gasteiger partial charge in [-0.2, -0.15) is 0 Å². The van der Waals surface area contributed by atoms with E-state index in [4.69, 9.17) is 14.3 Å². The molecule has 0 radical (unpaired) electrons. The minimum Gasteiger partial charge on any atom is -0.493 e. The molecule has 2 aromatic rings. The van der Waals surface area contributed by atoms with Gasteiger partial charge < -0.3 is 19.6 Å². The van der Waals surface area contributed by atoms with Crippen LogP contribution < -0.4 is 14.8 Å². The molecule has 0 fully saturated rings. The Kier molecular flexibility index (Phi) is 7.10. The zero-order valence-electron chi connectivity index (χ0n) is 13.7. The number of nitrogens with zero attached hydrogens (tertiary/aromatic N) is 1. The van der Waals surface area contributed by atoms with Gasteiger partial charge in [-0.25, -0.2) is 0 Å². The molecule has 7 heteroatoms. The van der Waals surface area contributed by atoms with Crippen LogP contribution in [-0.2, 0) is 16.2 Å². The third-order valence-electron chi connectivity index (χ3n) is 3.00. The van der Waals surface area contributed by atoms with Gasteiger partial charge in [0.05, 0.1) is 26.5 Å². The zero-order valence-corrected chi connectivity index (χ0v) is 14.5. The highest BCUT2D eigenvalue weighted by molar-refractivity contribution is 7.09. The fourth-order valence-electron chi connectivity index (χ4n) is 1.88. The Balaban J connectivity index is 1.77. The molecule has 0 saturated carbocycles. The summed E-state index contributed by atoms with van der Waals surface area (Å²) in [6.45, 7) is 2.84. The summed E-state index contributed by atoms with van der Waals surface area (Å²) in [4.78, 5) is 17.7. The number of methoxy groups -OCH3 is 1. The van der Waals surface area contributed by atoms with Crippen LogP contribution in [0.15, 0.2) is 40.9 Å². The molecule has 6 nitrogen and oxygen atoms in total. The molecule has 0 saturated heterocycles. The second-order valence-electron chi connectivity index (χ2n) is 4.71. The number of carbonyl (C=O) groups excluding carboxylic acids is 1. The minimum absolute atomic E-state index is 0.129. The Hall–Kier alpha value is -2.54. The van der Waals surface area contributed by atoms with Crippen molar-refractivity contribution < 1.29 is 19.1 Å². The minimum atomic E-state index is -0.218. The Morgan fingerprint density at radius 2 is 2.21 bits per heavy atom. The van der Waals surface area contributed by atoms with Crippen molar-refractivity contribution >= 4 is 23.5 Å². The summed E-state index contributed by atoms with van der Waals surface area (Å²) in [5.41, 5.74) is 0.786. The number of rotatable bonds is 9. The number of ether oxygens (including phenoxy) is 2. The largest absolute Gasteiger partial charge is 0.493 e. The van der Waals surface area contributed by atoms with E-state index >= 15 is 0 Å². The third kappa shape index (κ3) is 5.58. The quantitative estimate of drug-likeness (QED) is 0.559. The average Bonchev–Trinajstić information content (AvgIpc) is 3.11. The van der Waals surface area contributed by atoms with Crippen molar-refractivity contribution in [3.63, 3.8) is 0 Å². The first-order valence-electron chi connectivity index (χ1n) is 7.48. The van der Waals surface area contributed by atoms with Crippen LogP contribution in [0.1, 0.15) is 17.4 Å².